The van der Waals surface area contributed by atoms with E-state index < -0.39 is 12.6 Å². The van der Waals surface area contributed by atoms with Gasteiger partial charge in [-0.25, -0.2) is 4.79 Å². The number of nitrogens with one attached hydrogen (secondary N) is 1. The van der Waals surface area contributed by atoms with Crippen molar-refractivity contribution in [2.24, 2.45) is 0 Å². The van der Waals surface area contributed by atoms with Gasteiger partial charge in [-0.2, -0.15) is 0 Å². The number of benzene rings is 1. The van der Waals surface area contributed by atoms with Gasteiger partial charge in [0.1, 0.15) is 5.75 Å². The highest BCUT2D eigenvalue weighted by molar-refractivity contribution is 5.94. The quantitative estimate of drug-likeness (QED) is 0.765. The summed E-state index contributed by atoms with van der Waals surface area (Å²) in [6, 6.07) is 6.40. The van der Waals surface area contributed by atoms with Gasteiger partial charge < -0.3 is 24.8 Å². The first-order valence-corrected chi connectivity index (χ1v) is 7.55. The second-order valence-electron chi connectivity index (χ2n) is 5.39. The van der Waals surface area contributed by atoms with Gasteiger partial charge in [0.25, 0.3) is 5.91 Å². The number of carbonyl (C=O) groups is 3. The predicted octanol–water partition coefficient (Wildman–Crippen LogP) is 0.127. The lowest BCUT2D eigenvalue weighted by atomic mass is 10.1. The van der Waals surface area contributed by atoms with Crippen LogP contribution in [0.25, 0.3) is 0 Å². The van der Waals surface area contributed by atoms with E-state index in [2.05, 4.69) is 5.32 Å². The summed E-state index contributed by atoms with van der Waals surface area (Å²) < 4.78 is 10.6. The van der Waals surface area contributed by atoms with Crippen molar-refractivity contribution in [2.45, 2.75) is 13.0 Å². The van der Waals surface area contributed by atoms with E-state index in [-0.39, 0.29) is 17.9 Å². The van der Waals surface area contributed by atoms with Crippen molar-refractivity contribution in [2.75, 3.05) is 32.8 Å². The van der Waals surface area contributed by atoms with E-state index in [0.717, 1.165) is 0 Å². The second kappa shape index (κ2) is 8.30. The van der Waals surface area contributed by atoms with Gasteiger partial charge in [0.2, 0.25) is 5.91 Å². The molecule has 1 saturated heterocycles. The van der Waals surface area contributed by atoms with Crippen LogP contribution in [0.1, 0.15) is 17.3 Å². The van der Waals surface area contributed by atoms with Crippen LogP contribution in [0.3, 0.4) is 0 Å². The summed E-state index contributed by atoms with van der Waals surface area (Å²) in [5.41, 5.74) is 0.415. The maximum Gasteiger partial charge on any atom is 0.341 e. The van der Waals surface area contributed by atoms with Crippen LogP contribution in [0.15, 0.2) is 24.3 Å². The van der Waals surface area contributed by atoms with Gasteiger partial charge in [0.05, 0.1) is 12.7 Å². The van der Waals surface area contributed by atoms with Crippen LogP contribution in [-0.2, 0) is 14.3 Å². The SMILES string of the molecule is CC(=O)NCC1CN(C(=O)c2cccc(OCC(=O)O)c2)CCO1. The number of amides is 2. The van der Waals surface area contributed by atoms with Crippen molar-refractivity contribution in [3.05, 3.63) is 29.8 Å². The molecule has 24 heavy (non-hydrogen) atoms. The van der Waals surface area contributed by atoms with Gasteiger partial charge in [-0.05, 0) is 18.2 Å². The van der Waals surface area contributed by atoms with E-state index in [9.17, 15) is 14.4 Å². The Morgan fingerprint density at radius 1 is 1.42 bits per heavy atom. The first-order chi connectivity index (χ1) is 11.5. The molecule has 1 unspecified atom stereocenters. The molecule has 130 valence electrons. The normalized spacial score (nSPS) is 17.2. The Morgan fingerprint density at radius 3 is 2.92 bits per heavy atom. The average Bonchev–Trinajstić information content (AvgIpc) is 2.58. The minimum absolute atomic E-state index is 0.148. The Hall–Kier alpha value is -2.61. The van der Waals surface area contributed by atoms with Gasteiger partial charge in [0, 0.05) is 32.1 Å². The summed E-state index contributed by atoms with van der Waals surface area (Å²) in [5, 5.41) is 11.3. The average molecular weight is 336 g/mol. The number of carboxylic acid groups (broad SMARTS) is 1. The van der Waals surface area contributed by atoms with Crippen LogP contribution in [0.4, 0.5) is 0 Å². The predicted molar refractivity (Wildman–Crippen MR) is 83.9 cm³/mol. The third-order valence-electron chi connectivity index (χ3n) is 3.45. The second-order valence-corrected chi connectivity index (χ2v) is 5.39. The standard InChI is InChI=1S/C16H20N2O6/c1-11(19)17-8-14-9-18(5-6-23-14)16(22)12-3-2-4-13(7-12)24-10-15(20)21/h2-4,7,14H,5-6,8-10H2,1H3,(H,17,19)(H,20,21). The highest BCUT2D eigenvalue weighted by atomic mass is 16.5. The number of hydrogen-bond acceptors (Lipinski definition) is 5. The molecular formula is C16H20N2O6. The molecule has 1 heterocycles. The molecule has 0 spiro atoms. The van der Waals surface area contributed by atoms with Crippen molar-refractivity contribution in [3.8, 4) is 5.75 Å². The molecule has 0 aromatic heterocycles. The molecule has 0 aliphatic carbocycles. The highest BCUT2D eigenvalue weighted by Gasteiger charge is 2.25. The molecule has 8 nitrogen and oxygen atoms in total. The molecule has 2 N–H and O–H groups in total. The number of ether oxygens (including phenoxy) is 2. The summed E-state index contributed by atoms with van der Waals surface area (Å²) in [6.07, 6.45) is -0.252. The summed E-state index contributed by atoms with van der Waals surface area (Å²) >= 11 is 0. The number of nitrogens with zero attached hydrogens (tertiary/aromatic N) is 1. The molecule has 0 bridgehead atoms. The minimum Gasteiger partial charge on any atom is -0.482 e. The Morgan fingerprint density at radius 2 is 2.21 bits per heavy atom. The zero-order valence-corrected chi connectivity index (χ0v) is 13.4. The first-order valence-electron chi connectivity index (χ1n) is 7.55. The maximum atomic E-state index is 12.6. The Bertz CT molecular complexity index is 618. The molecule has 1 aromatic rings. The number of rotatable bonds is 6. The molecule has 1 aliphatic rings. The highest BCUT2D eigenvalue weighted by Crippen LogP contribution is 2.16. The van der Waals surface area contributed by atoms with Crippen LogP contribution in [0.2, 0.25) is 0 Å². The van der Waals surface area contributed by atoms with Crippen LogP contribution < -0.4 is 10.1 Å². The van der Waals surface area contributed by atoms with Gasteiger partial charge in [-0.15, -0.1) is 0 Å². The molecule has 0 radical (unpaired) electrons. The molecule has 1 atom stereocenters. The van der Waals surface area contributed by atoms with E-state index in [1.54, 1.807) is 23.1 Å². The smallest absolute Gasteiger partial charge is 0.341 e. The fourth-order valence-corrected chi connectivity index (χ4v) is 2.33. The topological polar surface area (TPSA) is 105 Å². The number of morpholine rings is 1. The zero-order chi connectivity index (χ0) is 17.5. The van der Waals surface area contributed by atoms with Gasteiger partial charge >= 0.3 is 5.97 Å². The molecular weight excluding hydrogens is 316 g/mol. The summed E-state index contributed by atoms with van der Waals surface area (Å²) in [6.45, 7) is 2.53. The van der Waals surface area contributed by atoms with Crippen molar-refractivity contribution in [1.29, 1.82) is 0 Å². The lowest BCUT2D eigenvalue weighted by molar-refractivity contribution is -0.139. The third-order valence-corrected chi connectivity index (χ3v) is 3.45. The van der Waals surface area contributed by atoms with E-state index >= 15 is 0 Å². The van der Waals surface area contributed by atoms with Crippen molar-refractivity contribution < 1.29 is 29.0 Å². The number of hydrogen-bond donors (Lipinski definition) is 2. The van der Waals surface area contributed by atoms with E-state index in [0.29, 0.717) is 37.6 Å². The largest absolute Gasteiger partial charge is 0.482 e. The van der Waals surface area contributed by atoms with Crippen molar-refractivity contribution >= 4 is 17.8 Å². The Labute approximate surface area is 139 Å². The van der Waals surface area contributed by atoms with Gasteiger partial charge in [0.15, 0.2) is 6.61 Å². The number of aliphatic carboxylic acids is 1. The lowest BCUT2D eigenvalue weighted by Gasteiger charge is -2.33. The molecule has 0 saturated carbocycles. The first kappa shape index (κ1) is 17.7. The third kappa shape index (κ3) is 5.24. The van der Waals surface area contributed by atoms with Crippen LogP contribution >= 0.6 is 0 Å². The van der Waals surface area contributed by atoms with Crippen molar-refractivity contribution in [3.63, 3.8) is 0 Å². The van der Waals surface area contributed by atoms with Gasteiger partial charge in [-0.3, -0.25) is 9.59 Å². The fraction of sp³-hybridized carbons (Fsp3) is 0.438. The monoisotopic (exact) mass is 336 g/mol. The molecule has 2 rings (SSSR count). The zero-order valence-electron chi connectivity index (χ0n) is 13.4. The summed E-state index contributed by atoms with van der Waals surface area (Å²) in [4.78, 5) is 35.7. The van der Waals surface area contributed by atoms with E-state index in [1.807, 2.05) is 0 Å². The minimum atomic E-state index is -1.08. The summed E-state index contributed by atoms with van der Waals surface area (Å²) in [7, 11) is 0. The molecule has 2 amide bonds. The van der Waals surface area contributed by atoms with Crippen LogP contribution in [0.5, 0.6) is 5.75 Å². The van der Waals surface area contributed by atoms with E-state index in [1.165, 1.54) is 13.0 Å². The molecule has 1 fully saturated rings. The number of carboxylic acids is 1. The van der Waals surface area contributed by atoms with E-state index in [4.69, 9.17) is 14.6 Å². The molecule has 1 aromatic carbocycles. The number of carbonyl (C=O) groups excluding carboxylic acids is 2. The Balaban J connectivity index is 1.98. The van der Waals surface area contributed by atoms with Crippen LogP contribution in [0, 0.1) is 0 Å². The molecule has 1 aliphatic heterocycles. The lowest BCUT2D eigenvalue weighted by Crippen LogP contribution is -2.49. The van der Waals surface area contributed by atoms with Gasteiger partial charge in [-0.1, -0.05) is 6.07 Å². The van der Waals surface area contributed by atoms with Crippen LogP contribution in [-0.4, -0.2) is 66.7 Å². The fourth-order valence-electron chi connectivity index (χ4n) is 2.33. The Kier molecular flexibility index (Phi) is 6.14. The molecule has 8 heteroatoms. The summed E-state index contributed by atoms with van der Waals surface area (Å²) in [5.74, 6) is -1.09. The van der Waals surface area contributed by atoms with Crippen molar-refractivity contribution in [1.82, 2.24) is 10.2 Å². The maximum absolute atomic E-state index is 12.6.